The van der Waals surface area contributed by atoms with Crippen molar-refractivity contribution in [2.75, 3.05) is 0 Å². The Bertz CT molecular complexity index is 1570. The van der Waals surface area contributed by atoms with Gasteiger partial charge in [0.25, 0.3) is 5.91 Å². The zero-order valence-corrected chi connectivity index (χ0v) is 22.9. The van der Waals surface area contributed by atoms with Crippen LogP contribution in [-0.4, -0.2) is 36.8 Å². The number of aryl methyl sites for hydroxylation is 1. The number of carbonyl (C=O) groups is 2. The van der Waals surface area contributed by atoms with Gasteiger partial charge in [0.05, 0.1) is 39.2 Å². The maximum atomic E-state index is 13.7. The van der Waals surface area contributed by atoms with Gasteiger partial charge < -0.3 is 5.32 Å². The van der Waals surface area contributed by atoms with Crippen LogP contribution >= 0.6 is 11.6 Å². The van der Waals surface area contributed by atoms with Crippen molar-refractivity contribution in [3.63, 3.8) is 0 Å². The quantitative estimate of drug-likeness (QED) is 0.334. The number of hydrogen-bond donors (Lipinski definition) is 1. The lowest BCUT2D eigenvalue weighted by molar-refractivity contribution is -0.118. The van der Waals surface area contributed by atoms with E-state index in [0.29, 0.717) is 53.0 Å². The summed E-state index contributed by atoms with van der Waals surface area (Å²) in [5, 5.41) is 3.58. The molecular weight excluding hydrogens is 514 g/mol. The van der Waals surface area contributed by atoms with E-state index < -0.39 is 0 Å². The average Bonchev–Trinajstić information content (AvgIpc) is 3.22. The van der Waals surface area contributed by atoms with Crippen LogP contribution in [-0.2, 0) is 17.8 Å². The summed E-state index contributed by atoms with van der Waals surface area (Å²) < 4.78 is 3.55. The number of fused-ring (bicyclic) bond motifs is 1. The van der Waals surface area contributed by atoms with Crippen molar-refractivity contribution in [3.8, 4) is 5.69 Å². The average molecular weight is 546 g/mol. The zero-order valence-electron chi connectivity index (χ0n) is 22.2. The highest BCUT2D eigenvalue weighted by molar-refractivity contribution is 6.30. The van der Waals surface area contributed by atoms with Gasteiger partial charge in [0.15, 0.2) is 0 Å². The summed E-state index contributed by atoms with van der Waals surface area (Å²) in [4.78, 5) is 46.9. The number of hydrogen-bond acceptors (Lipinski definition) is 5. The maximum absolute atomic E-state index is 13.7. The predicted molar refractivity (Wildman–Crippen MR) is 152 cm³/mol. The van der Waals surface area contributed by atoms with Gasteiger partial charge in [-0.3, -0.25) is 28.7 Å². The molecular formula is C30H32ClN5O3. The van der Waals surface area contributed by atoms with Crippen LogP contribution in [0.15, 0.2) is 59.7 Å². The number of nitrogens with one attached hydrogen (secondary N) is 1. The largest absolute Gasteiger partial charge is 0.349 e. The van der Waals surface area contributed by atoms with Crippen LogP contribution in [0.5, 0.6) is 0 Å². The smallest absolute Gasteiger partial charge is 0.333 e. The van der Waals surface area contributed by atoms with Gasteiger partial charge in [0.1, 0.15) is 5.78 Å². The van der Waals surface area contributed by atoms with Crippen molar-refractivity contribution >= 4 is 34.3 Å². The predicted octanol–water partition coefficient (Wildman–Crippen LogP) is 5.05. The molecule has 0 saturated heterocycles. The molecule has 1 fully saturated rings. The first-order valence-electron chi connectivity index (χ1n) is 13.4. The Kier molecular flexibility index (Phi) is 7.93. The van der Waals surface area contributed by atoms with Crippen molar-refractivity contribution in [1.29, 1.82) is 0 Å². The van der Waals surface area contributed by atoms with Gasteiger partial charge in [-0.2, -0.15) is 0 Å². The first kappa shape index (κ1) is 26.8. The van der Waals surface area contributed by atoms with E-state index in [1.807, 2.05) is 47.9 Å². The minimum atomic E-state index is -0.149. The van der Waals surface area contributed by atoms with E-state index in [4.69, 9.17) is 11.6 Å². The first-order chi connectivity index (χ1) is 18.8. The lowest BCUT2D eigenvalue weighted by atomic mass is 9.85. The molecule has 0 bridgehead atoms. The van der Waals surface area contributed by atoms with Gasteiger partial charge in [0, 0.05) is 37.3 Å². The number of para-hydroxylation sites is 2. The van der Waals surface area contributed by atoms with Crippen LogP contribution in [0.1, 0.15) is 60.8 Å². The molecule has 202 valence electrons. The van der Waals surface area contributed by atoms with E-state index >= 15 is 0 Å². The van der Waals surface area contributed by atoms with Crippen LogP contribution in [0.2, 0.25) is 5.02 Å². The number of Topliss-reactive ketones (excluding diaryl/α,β-unsaturated/α-hetero) is 1. The fraction of sp³-hybridized carbons (Fsp3) is 0.367. The molecule has 4 aromatic rings. The molecule has 0 unspecified atom stereocenters. The summed E-state index contributed by atoms with van der Waals surface area (Å²) in [5.74, 6) is 0.309. The number of benzene rings is 1. The SMILES string of the molecule is CCC(=O)Cc1ccc(-n2c(=O)n(CC3CCC(NC(=O)c4cc(Cl)cnc4C)CC3)c3ccccc32)cn1. The second-order valence-corrected chi connectivity index (χ2v) is 10.7. The second-order valence-electron chi connectivity index (χ2n) is 10.3. The lowest BCUT2D eigenvalue weighted by Crippen LogP contribution is -2.39. The van der Waals surface area contributed by atoms with Crippen molar-refractivity contribution < 1.29 is 9.59 Å². The number of ketones is 1. The molecule has 0 radical (unpaired) electrons. The molecule has 1 saturated carbocycles. The van der Waals surface area contributed by atoms with E-state index in [9.17, 15) is 14.4 Å². The van der Waals surface area contributed by atoms with Gasteiger partial charge in [-0.1, -0.05) is 30.7 Å². The first-order valence-corrected chi connectivity index (χ1v) is 13.8. The van der Waals surface area contributed by atoms with Crippen molar-refractivity contribution in [2.45, 2.75) is 65.0 Å². The molecule has 1 aliphatic rings. The molecule has 1 N–H and O–H groups in total. The highest BCUT2D eigenvalue weighted by Gasteiger charge is 2.25. The Morgan fingerprint density at radius 3 is 2.46 bits per heavy atom. The summed E-state index contributed by atoms with van der Waals surface area (Å²) in [6, 6.07) is 13.2. The minimum absolute atomic E-state index is 0.0781. The molecule has 5 rings (SSSR count). The van der Waals surface area contributed by atoms with Crippen LogP contribution < -0.4 is 11.0 Å². The number of aromatic nitrogens is 4. The standard InChI is InChI=1S/C30H32ClN5O3/c1-3-25(37)15-23-12-13-24(17-33-23)36-28-7-5-4-6-27(28)35(30(36)39)18-20-8-10-22(11-9-20)34-29(38)26-14-21(31)16-32-19(26)2/h4-7,12-14,16-17,20,22H,3,8-11,15,18H2,1-2H3,(H,34,38). The summed E-state index contributed by atoms with van der Waals surface area (Å²) in [5.41, 5.74) is 4.15. The van der Waals surface area contributed by atoms with Crippen LogP contribution in [0.4, 0.5) is 0 Å². The molecule has 0 aliphatic heterocycles. The maximum Gasteiger partial charge on any atom is 0.333 e. The Morgan fingerprint density at radius 2 is 1.77 bits per heavy atom. The van der Waals surface area contributed by atoms with E-state index in [1.165, 1.54) is 0 Å². The third-order valence-electron chi connectivity index (χ3n) is 7.60. The van der Waals surface area contributed by atoms with Gasteiger partial charge in [-0.05, 0) is 68.9 Å². The summed E-state index contributed by atoms with van der Waals surface area (Å²) in [6.45, 7) is 4.25. The molecule has 1 aliphatic carbocycles. The molecule has 8 nitrogen and oxygen atoms in total. The molecule has 9 heteroatoms. The molecule has 0 spiro atoms. The molecule has 3 aromatic heterocycles. The highest BCUT2D eigenvalue weighted by atomic mass is 35.5. The third kappa shape index (κ3) is 5.81. The minimum Gasteiger partial charge on any atom is -0.349 e. The fourth-order valence-electron chi connectivity index (χ4n) is 5.36. The van der Waals surface area contributed by atoms with Crippen LogP contribution in [0, 0.1) is 12.8 Å². The number of pyridine rings is 2. The second kappa shape index (κ2) is 11.5. The molecule has 3 heterocycles. The number of rotatable bonds is 8. The summed E-state index contributed by atoms with van der Waals surface area (Å²) in [7, 11) is 0. The van der Waals surface area contributed by atoms with Gasteiger partial charge >= 0.3 is 5.69 Å². The van der Waals surface area contributed by atoms with Crippen LogP contribution in [0.3, 0.4) is 0 Å². The van der Waals surface area contributed by atoms with Gasteiger partial charge in [-0.25, -0.2) is 4.79 Å². The van der Waals surface area contributed by atoms with E-state index in [-0.39, 0.29) is 23.4 Å². The lowest BCUT2D eigenvalue weighted by Gasteiger charge is -2.29. The Morgan fingerprint density at radius 1 is 1.03 bits per heavy atom. The van der Waals surface area contributed by atoms with Gasteiger partial charge in [-0.15, -0.1) is 0 Å². The highest BCUT2D eigenvalue weighted by Crippen LogP contribution is 2.28. The number of nitrogens with zero attached hydrogens (tertiary/aromatic N) is 4. The van der Waals surface area contributed by atoms with E-state index in [1.54, 1.807) is 30.0 Å². The van der Waals surface area contributed by atoms with Crippen LogP contribution in [0.25, 0.3) is 16.7 Å². The summed E-state index contributed by atoms with van der Waals surface area (Å²) in [6.07, 6.45) is 7.49. The Labute approximate surface area is 232 Å². The monoisotopic (exact) mass is 545 g/mol. The summed E-state index contributed by atoms with van der Waals surface area (Å²) >= 11 is 6.04. The number of imidazole rings is 1. The van der Waals surface area contributed by atoms with Crippen molar-refractivity contribution in [1.82, 2.24) is 24.4 Å². The number of halogens is 1. The molecule has 0 atom stereocenters. The molecule has 1 aromatic carbocycles. The third-order valence-corrected chi connectivity index (χ3v) is 7.80. The number of carbonyl (C=O) groups excluding carboxylic acids is 2. The normalized spacial score (nSPS) is 17.3. The van der Waals surface area contributed by atoms with E-state index in [2.05, 4.69) is 15.3 Å². The van der Waals surface area contributed by atoms with Crippen molar-refractivity contribution in [2.24, 2.45) is 5.92 Å². The molecule has 1 amide bonds. The van der Waals surface area contributed by atoms with Crippen molar-refractivity contribution in [3.05, 3.63) is 87.3 Å². The topological polar surface area (TPSA) is 98.9 Å². The molecule has 39 heavy (non-hydrogen) atoms. The van der Waals surface area contributed by atoms with Gasteiger partial charge in [0.2, 0.25) is 0 Å². The number of amides is 1. The Balaban J connectivity index is 1.29. The zero-order chi connectivity index (χ0) is 27.5. The fourth-order valence-corrected chi connectivity index (χ4v) is 5.52. The van der Waals surface area contributed by atoms with E-state index in [0.717, 1.165) is 36.7 Å². The Hall–Kier alpha value is -3.78.